The molecule has 2 aliphatic heterocycles. The number of sulfonamides is 1. The van der Waals surface area contributed by atoms with Gasteiger partial charge in [0.05, 0.1) is 11.9 Å². The summed E-state index contributed by atoms with van der Waals surface area (Å²) in [6.45, 7) is 4.60. The summed E-state index contributed by atoms with van der Waals surface area (Å²) >= 11 is 0. The Kier molecular flexibility index (Phi) is 3.55. The molecule has 0 saturated carbocycles. The summed E-state index contributed by atoms with van der Waals surface area (Å²) in [7, 11) is -3.13. The van der Waals surface area contributed by atoms with Crippen LogP contribution < -0.4 is 0 Å². The third-order valence-electron chi connectivity index (χ3n) is 3.89. The predicted octanol–water partition coefficient (Wildman–Crippen LogP) is 0.880. The van der Waals surface area contributed by atoms with Gasteiger partial charge in [-0.3, -0.25) is 0 Å². The van der Waals surface area contributed by atoms with E-state index in [1.54, 1.807) is 11.2 Å². The first-order chi connectivity index (χ1) is 9.49. The Hall–Kier alpha value is -0.990. The van der Waals surface area contributed by atoms with Crippen molar-refractivity contribution in [1.82, 2.24) is 14.4 Å². The summed E-state index contributed by atoms with van der Waals surface area (Å²) in [5.41, 5.74) is 0. The molecule has 20 heavy (non-hydrogen) atoms. The second-order valence-corrected chi connectivity index (χ2v) is 7.55. The number of ether oxygens (including phenoxy) is 1. The van der Waals surface area contributed by atoms with Crippen LogP contribution >= 0.6 is 0 Å². The number of aryl methyl sites for hydroxylation is 1. The monoisotopic (exact) mass is 301 g/mol. The molecule has 0 N–H and O–H groups in total. The van der Waals surface area contributed by atoms with E-state index in [0.717, 1.165) is 6.42 Å². The summed E-state index contributed by atoms with van der Waals surface area (Å²) in [6, 6.07) is 0. The van der Waals surface area contributed by atoms with E-state index in [2.05, 4.69) is 10.1 Å². The van der Waals surface area contributed by atoms with E-state index >= 15 is 0 Å². The van der Waals surface area contributed by atoms with Gasteiger partial charge < -0.3 is 9.26 Å². The van der Waals surface area contributed by atoms with Crippen molar-refractivity contribution in [3.63, 3.8) is 0 Å². The molecule has 2 saturated heterocycles. The molecule has 2 fully saturated rings. The van der Waals surface area contributed by atoms with Crippen molar-refractivity contribution in [2.24, 2.45) is 5.92 Å². The van der Waals surface area contributed by atoms with Crippen molar-refractivity contribution in [2.45, 2.75) is 38.9 Å². The van der Waals surface area contributed by atoms with Crippen LogP contribution in [0.15, 0.2) is 4.52 Å². The second-order valence-electron chi connectivity index (χ2n) is 5.46. The minimum absolute atomic E-state index is 0.0505. The minimum atomic E-state index is -3.13. The number of aromatic nitrogens is 2. The molecule has 0 radical (unpaired) electrons. The molecule has 0 bridgehead atoms. The smallest absolute Gasteiger partial charge is 0.223 e. The van der Waals surface area contributed by atoms with Crippen molar-refractivity contribution in [3.8, 4) is 0 Å². The second kappa shape index (κ2) is 5.09. The number of hydrogen-bond donors (Lipinski definition) is 0. The lowest BCUT2D eigenvalue weighted by atomic mass is 10.0. The molecule has 0 amide bonds. The number of rotatable bonds is 4. The highest BCUT2D eigenvalue weighted by Gasteiger charge is 2.46. The Balaban J connectivity index is 1.65. The summed E-state index contributed by atoms with van der Waals surface area (Å²) in [6.07, 6.45) is 1.17. The lowest BCUT2D eigenvalue weighted by molar-refractivity contribution is 0.0372. The number of hydrogen-bond acceptors (Lipinski definition) is 6. The van der Waals surface area contributed by atoms with Gasteiger partial charge in [0.25, 0.3) is 0 Å². The van der Waals surface area contributed by atoms with Crippen LogP contribution in [0.3, 0.4) is 0 Å². The van der Waals surface area contributed by atoms with Crippen LogP contribution in [0.1, 0.15) is 37.6 Å². The fourth-order valence-electron chi connectivity index (χ4n) is 2.95. The molecular formula is C12H19N3O4S. The van der Waals surface area contributed by atoms with E-state index < -0.39 is 10.0 Å². The van der Waals surface area contributed by atoms with Gasteiger partial charge in [-0.25, -0.2) is 8.42 Å². The minimum Gasteiger partial charge on any atom is -0.365 e. The van der Waals surface area contributed by atoms with Crippen molar-refractivity contribution in [2.75, 3.05) is 18.8 Å². The van der Waals surface area contributed by atoms with Crippen LogP contribution in [0.4, 0.5) is 0 Å². The summed E-state index contributed by atoms with van der Waals surface area (Å²) < 4.78 is 36.5. The molecule has 0 aromatic carbocycles. The zero-order valence-corrected chi connectivity index (χ0v) is 12.5. The highest BCUT2D eigenvalue weighted by molar-refractivity contribution is 7.89. The van der Waals surface area contributed by atoms with E-state index in [9.17, 15) is 8.42 Å². The van der Waals surface area contributed by atoms with Gasteiger partial charge in [0.2, 0.25) is 21.7 Å². The maximum absolute atomic E-state index is 12.0. The molecular weight excluding hydrogens is 282 g/mol. The Morgan fingerprint density at radius 1 is 1.40 bits per heavy atom. The van der Waals surface area contributed by atoms with E-state index in [4.69, 9.17) is 9.26 Å². The molecule has 0 aliphatic carbocycles. The molecule has 0 spiro atoms. The highest BCUT2D eigenvalue weighted by Crippen LogP contribution is 2.40. The summed E-state index contributed by atoms with van der Waals surface area (Å²) in [5, 5.41) is 3.88. The first kappa shape index (κ1) is 14.0. The maximum Gasteiger partial charge on any atom is 0.223 e. The van der Waals surface area contributed by atoms with E-state index in [1.165, 1.54) is 0 Å². The van der Waals surface area contributed by atoms with Crippen LogP contribution in [-0.2, 0) is 14.8 Å². The zero-order chi connectivity index (χ0) is 14.3. The fraction of sp³-hybridized carbons (Fsp3) is 0.833. The van der Waals surface area contributed by atoms with Crippen LogP contribution in [0.2, 0.25) is 0 Å². The van der Waals surface area contributed by atoms with Gasteiger partial charge in [0.1, 0.15) is 6.10 Å². The molecule has 8 heteroatoms. The third-order valence-corrected chi connectivity index (χ3v) is 5.90. The molecule has 3 atom stereocenters. The Bertz CT molecular complexity index is 571. The normalized spacial score (nSPS) is 30.8. The topological polar surface area (TPSA) is 85.5 Å². The number of fused-ring (bicyclic) bond motifs is 1. The average Bonchev–Trinajstić information content (AvgIpc) is 3.00. The highest BCUT2D eigenvalue weighted by atomic mass is 32.2. The zero-order valence-electron chi connectivity index (χ0n) is 11.7. The lowest BCUT2D eigenvalue weighted by Crippen LogP contribution is -2.32. The molecule has 0 unspecified atom stereocenters. The molecule has 3 heterocycles. The lowest BCUT2D eigenvalue weighted by Gasteiger charge is -2.17. The average molecular weight is 301 g/mol. The number of nitrogens with zero attached hydrogens (tertiary/aromatic N) is 3. The van der Waals surface area contributed by atoms with Crippen LogP contribution in [0, 0.1) is 12.8 Å². The van der Waals surface area contributed by atoms with Gasteiger partial charge >= 0.3 is 0 Å². The maximum atomic E-state index is 12.0. The van der Waals surface area contributed by atoms with Gasteiger partial charge in [0.15, 0.2) is 0 Å². The van der Waals surface area contributed by atoms with Gasteiger partial charge in [0, 0.05) is 25.9 Å². The predicted molar refractivity (Wildman–Crippen MR) is 70.4 cm³/mol. The SMILES string of the molecule is CCCS(=O)(=O)N1C[C@@H]2C[C@@H](c3noc(C)n3)O[C@@H]2C1. The van der Waals surface area contributed by atoms with Crippen molar-refractivity contribution in [1.29, 1.82) is 0 Å². The van der Waals surface area contributed by atoms with Gasteiger partial charge in [-0.1, -0.05) is 12.1 Å². The van der Waals surface area contributed by atoms with E-state index in [0.29, 0.717) is 31.2 Å². The molecule has 7 nitrogen and oxygen atoms in total. The van der Waals surface area contributed by atoms with E-state index in [1.807, 2.05) is 6.92 Å². The third kappa shape index (κ3) is 2.47. The van der Waals surface area contributed by atoms with Gasteiger partial charge in [-0.2, -0.15) is 9.29 Å². The Morgan fingerprint density at radius 2 is 2.20 bits per heavy atom. The van der Waals surface area contributed by atoms with Gasteiger partial charge in [-0.05, 0) is 12.8 Å². The van der Waals surface area contributed by atoms with E-state index in [-0.39, 0.29) is 23.9 Å². The quantitative estimate of drug-likeness (QED) is 0.820. The summed E-state index contributed by atoms with van der Waals surface area (Å²) in [4.78, 5) is 4.18. The Morgan fingerprint density at radius 3 is 2.80 bits per heavy atom. The largest absolute Gasteiger partial charge is 0.365 e. The van der Waals surface area contributed by atoms with Crippen molar-refractivity contribution >= 4 is 10.0 Å². The fourth-order valence-corrected chi connectivity index (χ4v) is 4.52. The summed E-state index contributed by atoms with van der Waals surface area (Å²) in [5.74, 6) is 1.53. The van der Waals surface area contributed by atoms with Crippen molar-refractivity contribution < 1.29 is 17.7 Å². The standard InChI is InChI=1S/C12H19N3O4S/c1-3-4-20(16,17)15-6-9-5-10(18-11(9)7-15)12-13-8(2)19-14-12/h9-11H,3-7H2,1-2H3/t9-,10-,11+/m0/s1. The van der Waals surface area contributed by atoms with Crippen LogP contribution in [-0.4, -0.2) is 47.8 Å². The molecule has 1 aromatic rings. The molecule has 3 rings (SSSR count). The van der Waals surface area contributed by atoms with Crippen LogP contribution in [0.25, 0.3) is 0 Å². The first-order valence-corrected chi connectivity index (χ1v) is 8.54. The van der Waals surface area contributed by atoms with Crippen molar-refractivity contribution in [3.05, 3.63) is 11.7 Å². The first-order valence-electron chi connectivity index (χ1n) is 6.93. The van der Waals surface area contributed by atoms with Crippen LogP contribution in [0.5, 0.6) is 0 Å². The molecule has 112 valence electrons. The Labute approximate surface area is 118 Å². The molecule has 1 aromatic heterocycles. The molecule has 2 aliphatic rings. The van der Waals surface area contributed by atoms with Gasteiger partial charge in [-0.15, -0.1) is 0 Å².